The minimum Gasteiger partial charge on any atom is -0.488 e. The quantitative estimate of drug-likeness (QED) is 0.468. The highest BCUT2D eigenvalue weighted by molar-refractivity contribution is 6.31. The minimum absolute atomic E-state index is 0.0668. The molecule has 0 saturated heterocycles. The van der Waals surface area contributed by atoms with Gasteiger partial charge in [0.1, 0.15) is 18.9 Å². The molecule has 192 valence electrons. The summed E-state index contributed by atoms with van der Waals surface area (Å²) in [5, 5.41) is 17.1. The number of hydrogen-bond acceptors (Lipinski definition) is 5. The summed E-state index contributed by atoms with van der Waals surface area (Å²) >= 11 is 6.22. The largest absolute Gasteiger partial charge is 0.488 e. The number of fused-ring (bicyclic) bond motifs is 3. The number of benzene rings is 2. The Labute approximate surface area is 219 Å². The Morgan fingerprint density at radius 2 is 1.97 bits per heavy atom. The molecule has 37 heavy (non-hydrogen) atoms. The summed E-state index contributed by atoms with van der Waals surface area (Å²) < 4.78 is 7.56. The summed E-state index contributed by atoms with van der Waals surface area (Å²) in [5.74, 6) is -0.856. The van der Waals surface area contributed by atoms with Crippen molar-refractivity contribution in [2.75, 3.05) is 18.4 Å². The number of carbonyl (C=O) groups is 3. The van der Waals surface area contributed by atoms with Gasteiger partial charge in [-0.3, -0.25) is 14.3 Å². The Balaban J connectivity index is 1.41. The number of nitrogens with zero attached hydrogens (tertiary/aromatic N) is 3. The van der Waals surface area contributed by atoms with Crippen LogP contribution in [0.15, 0.2) is 42.5 Å². The van der Waals surface area contributed by atoms with E-state index < -0.39 is 11.9 Å². The number of carbonyl (C=O) groups excluding carboxylic acids is 2. The average Bonchev–Trinajstić information content (AvgIpc) is 3.51. The van der Waals surface area contributed by atoms with E-state index >= 15 is 0 Å². The number of ether oxygens (including phenoxy) is 1. The van der Waals surface area contributed by atoms with Gasteiger partial charge in [0.2, 0.25) is 5.91 Å². The third-order valence-electron chi connectivity index (χ3n) is 6.88. The van der Waals surface area contributed by atoms with E-state index in [2.05, 4.69) is 10.4 Å². The highest BCUT2D eigenvalue weighted by Crippen LogP contribution is 2.40. The Morgan fingerprint density at radius 1 is 1.19 bits per heavy atom. The van der Waals surface area contributed by atoms with Crippen molar-refractivity contribution in [3.63, 3.8) is 0 Å². The van der Waals surface area contributed by atoms with Crippen molar-refractivity contribution in [3.8, 4) is 17.0 Å². The van der Waals surface area contributed by atoms with Crippen molar-refractivity contribution in [3.05, 3.63) is 64.3 Å². The van der Waals surface area contributed by atoms with Crippen LogP contribution in [0.4, 0.5) is 5.69 Å². The maximum atomic E-state index is 13.8. The maximum Gasteiger partial charge on any atom is 0.335 e. The number of hydrogen-bond donors (Lipinski definition) is 2. The lowest BCUT2D eigenvalue weighted by molar-refractivity contribution is -0.117. The number of carboxylic acid groups (broad SMARTS) is 1. The fourth-order valence-corrected chi connectivity index (χ4v) is 5.33. The number of carboxylic acids is 1. The molecule has 2 aliphatic rings. The van der Waals surface area contributed by atoms with Crippen LogP contribution >= 0.6 is 11.6 Å². The second kappa shape index (κ2) is 10.3. The number of aryl methyl sites for hydroxylation is 1. The van der Waals surface area contributed by atoms with Gasteiger partial charge in [-0.2, -0.15) is 5.10 Å². The number of aromatic carboxylic acids is 1. The first-order valence-electron chi connectivity index (χ1n) is 12.2. The van der Waals surface area contributed by atoms with Gasteiger partial charge in [-0.25, -0.2) is 4.79 Å². The van der Waals surface area contributed by atoms with E-state index in [-0.39, 0.29) is 30.3 Å². The lowest BCUT2D eigenvalue weighted by Gasteiger charge is -2.25. The van der Waals surface area contributed by atoms with Gasteiger partial charge in [-0.15, -0.1) is 0 Å². The lowest BCUT2D eigenvalue weighted by atomic mass is 10.0. The SMILES string of the molecule is Cn1nc(C(=O)N(CC(=O)Nc2cccc(C(=O)O)c2)CC2CCCC2)c2c1-c1cc(Cl)ccc1OC2. The first kappa shape index (κ1) is 24.8. The molecule has 3 aromatic rings. The van der Waals surface area contributed by atoms with Crippen LogP contribution in [0, 0.1) is 5.92 Å². The van der Waals surface area contributed by atoms with Crippen LogP contribution in [-0.4, -0.2) is 50.7 Å². The van der Waals surface area contributed by atoms with Crippen molar-refractivity contribution in [1.82, 2.24) is 14.7 Å². The summed E-state index contributed by atoms with van der Waals surface area (Å²) in [5.41, 5.74) is 2.87. The molecule has 1 aliphatic heterocycles. The van der Waals surface area contributed by atoms with Crippen LogP contribution in [0.2, 0.25) is 5.02 Å². The highest BCUT2D eigenvalue weighted by atomic mass is 35.5. The van der Waals surface area contributed by atoms with Gasteiger partial charge in [0.25, 0.3) is 5.91 Å². The van der Waals surface area contributed by atoms with E-state index in [1.165, 1.54) is 12.1 Å². The van der Waals surface area contributed by atoms with Crippen LogP contribution in [0.25, 0.3) is 11.3 Å². The summed E-state index contributed by atoms with van der Waals surface area (Å²) in [6.45, 7) is 0.446. The Bertz CT molecular complexity index is 1380. The van der Waals surface area contributed by atoms with E-state index in [0.29, 0.717) is 34.5 Å². The number of anilines is 1. The first-order chi connectivity index (χ1) is 17.8. The molecule has 1 aliphatic carbocycles. The second-order valence-electron chi connectivity index (χ2n) is 9.50. The monoisotopic (exact) mass is 522 g/mol. The summed E-state index contributed by atoms with van der Waals surface area (Å²) in [6.07, 6.45) is 4.21. The van der Waals surface area contributed by atoms with Crippen LogP contribution in [0.5, 0.6) is 5.75 Å². The van der Waals surface area contributed by atoms with Crippen molar-refractivity contribution in [2.24, 2.45) is 13.0 Å². The molecular formula is C27H27ClN4O5. The molecule has 2 N–H and O–H groups in total. The molecule has 0 spiro atoms. The van der Waals surface area contributed by atoms with Crippen molar-refractivity contribution in [2.45, 2.75) is 32.3 Å². The van der Waals surface area contributed by atoms with Gasteiger partial charge < -0.3 is 20.1 Å². The second-order valence-corrected chi connectivity index (χ2v) is 9.94. The van der Waals surface area contributed by atoms with Gasteiger partial charge in [-0.05, 0) is 55.2 Å². The lowest BCUT2D eigenvalue weighted by Crippen LogP contribution is -2.41. The van der Waals surface area contributed by atoms with Gasteiger partial charge in [0, 0.05) is 35.4 Å². The third kappa shape index (κ3) is 5.17. The number of rotatable bonds is 7. The van der Waals surface area contributed by atoms with Gasteiger partial charge in [0.15, 0.2) is 5.69 Å². The van der Waals surface area contributed by atoms with Crippen molar-refractivity contribution < 1.29 is 24.2 Å². The van der Waals surface area contributed by atoms with Gasteiger partial charge in [0.05, 0.1) is 11.3 Å². The molecule has 0 radical (unpaired) electrons. The van der Waals surface area contributed by atoms with Crippen LogP contribution in [0.3, 0.4) is 0 Å². The maximum absolute atomic E-state index is 13.8. The number of amides is 2. The Morgan fingerprint density at radius 3 is 2.73 bits per heavy atom. The molecule has 0 unspecified atom stereocenters. The average molecular weight is 523 g/mol. The smallest absolute Gasteiger partial charge is 0.335 e. The molecule has 10 heteroatoms. The number of halogens is 1. The number of aromatic nitrogens is 2. The van der Waals surface area contributed by atoms with E-state index in [4.69, 9.17) is 16.3 Å². The normalized spacial score (nSPS) is 14.4. The molecule has 2 amide bonds. The summed E-state index contributed by atoms with van der Waals surface area (Å²) in [4.78, 5) is 39.7. The first-order valence-corrected chi connectivity index (χ1v) is 12.6. The third-order valence-corrected chi connectivity index (χ3v) is 7.12. The molecule has 1 saturated carbocycles. The van der Waals surface area contributed by atoms with Crippen LogP contribution in [-0.2, 0) is 18.4 Å². The van der Waals surface area contributed by atoms with Crippen LogP contribution in [0.1, 0.15) is 52.1 Å². The van der Waals surface area contributed by atoms with Crippen LogP contribution < -0.4 is 10.1 Å². The predicted octanol–water partition coefficient (Wildman–Crippen LogP) is 4.60. The minimum atomic E-state index is -1.08. The van der Waals surface area contributed by atoms with Crippen molar-refractivity contribution in [1.29, 1.82) is 0 Å². The van der Waals surface area contributed by atoms with Gasteiger partial charge >= 0.3 is 5.97 Å². The Kier molecular flexibility index (Phi) is 6.88. The zero-order chi connectivity index (χ0) is 26.1. The topological polar surface area (TPSA) is 114 Å². The fraction of sp³-hybridized carbons (Fsp3) is 0.333. The molecule has 1 aromatic heterocycles. The molecule has 0 atom stereocenters. The van der Waals surface area contributed by atoms with E-state index in [1.54, 1.807) is 47.0 Å². The standard InChI is InChI=1S/C27H27ClN4O5/c1-31-25-20-12-18(28)9-10-22(20)37-15-21(25)24(30-31)26(34)32(13-16-5-2-3-6-16)14-23(33)29-19-8-4-7-17(11-19)27(35)36/h4,7-12,16H,2-3,5-6,13-15H2,1H3,(H,29,33)(H,35,36). The number of nitrogens with one attached hydrogen (secondary N) is 1. The molecule has 2 heterocycles. The van der Waals surface area contributed by atoms with Gasteiger partial charge in [-0.1, -0.05) is 30.5 Å². The van der Waals surface area contributed by atoms with E-state index in [1.807, 2.05) is 0 Å². The zero-order valence-electron chi connectivity index (χ0n) is 20.4. The molecular weight excluding hydrogens is 496 g/mol. The van der Waals surface area contributed by atoms with Crippen molar-refractivity contribution >= 4 is 35.1 Å². The molecule has 2 aromatic carbocycles. The van der Waals surface area contributed by atoms with E-state index in [0.717, 1.165) is 36.9 Å². The fourth-order valence-electron chi connectivity index (χ4n) is 5.15. The summed E-state index contributed by atoms with van der Waals surface area (Å²) in [7, 11) is 1.77. The molecule has 1 fully saturated rings. The zero-order valence-corrected chi connectivity index (χ0v) is 21.1. The molecule has 0 bridgehead atoms. The molecule has 5 rings (SSSR count). The highest BCUT2D eigenvalue weighted by Gasteiger charge is 2.33. The van der Waals surface area contributed by atoms with E-state index in [9.17, 15) is 19.5 Å². The predicted molar refractivity (Wildman–Crippen MR) is 138 cm³/mol. The molecule has 9 nitrogen and oxygen atoms in total. The Hall–Kier alpha value is -3.85. The summed E-state index contributed by atoms with van der Waals surface area (Å²) in [6, 6.07) is 11.4.